The molecule has 0 bridgehead atoms. The molecule has 19 heavy (non-hydrogen) atoms. The van der Waals surface area contributed by atoms with Crippen LogP contribution in [0.2, 0.25) is 0 Å². The zero-order valence-electron chi connectivity index (χ0n) is 11.1. The topological polar surface area (TPSA) is 69.6 Å². The van der Waals surface area contributed by atoms with E-state index < -0.39 is 0 Å². The van der Waals surface area contributed by atoms with Gasteiger partial charge < -0.3 is 20.3 Å². The van der Waals surface area contributed by atoms with Crippen LogP contribution in [0.3, 0.4) is 0 Å². The van der Waals surface area contributed by atoms with Crippen LogP contribution in [0.5, 0.6) is 11.5 Å². The molecule has 0 atom stereocenters. The number of rotatable bonds is 1. The molecule has 102 valence electrons. The van der Waals surface area contributed by atoms with Gasteiger partial charge in [0.05, 0.1) is 0 Å². The van der Waals surface area contributed by atoms with Gasteiger partial charge in [0, 0.05) is 18.8 Å². The van der Waals surface area contributed by atoms with Crippen molar-refractivity contribution in [1.29, 1.82) is 0 Å². The monoisotopic (exact) mass is 261 g/mol. The quantitative estimate of drug-likeness (QED) is 0.738. The van der Waals surface area contributed by atoms with Crippen LogP contribution < -0.4 is 5.32 Å². The van der Waals surface area contributed by atoms with Gasteiger partial charge in [0.1, 0.15) is 18.3 Å². The molecule has 4 heteroatoms. The number of hydrogen-bond donors (Lipinski definition) is 3. The number of carbonyl (C=O) groups excluding carboxylic acids is 1. The number of benzene rings is 2. The first-order chi connectivity index (χ1) is 9.11. The van der Waals surface area contributed by atoms with Gasteiger partial charge in [0.25, 0.3) is 0 Å². The molecular weight excluding hydrogens is 242 g/mol. The zero-order chi connectivity index (χ0) is 14.7. The second-order valence-corrected chi connectivity index (χ2v) is 3.64. The maximum absolute atomic E-state index is 8.90. The fourth-order valence-electron chi connectivity index (χ4n) is 1.29. The van der Waals surface area contributed by atoms with Crippen LogP contribution in [0.4, 0.5) is 5.69 Å². The van der Waals surface area contributed by atoms with E-state index in [1.807, 2.05) is 39.0 Å². The van der Waals surface area contributed by atoms with Crippen molar-refractivity contribution in [2.24, 2.45) is 0 Å². The molecule has 4 nitrogen and oxygen atoms in total. The summed E-state index contributed by atoms with van der Waals surface area (Å²) >= 11 is 0. The molecule has 0 aliphatic heterocycles. The fourth-order valence-corrected chi connectivity index (χ4v) is 1.29. The summed E-state index contributed by atoms with van der Waals surface area (Å²) in [4.78, 5) is 8.00. The minimum Gasteiger partial charge on any atom is -0.508 e. The third kappa shape index (κ3) is 7.44. The van der Waals surface area contributed by atoms with Crippen molar-refractivity contribution in [3.05, 3.63) is 54.1 Å². The van der Waals surface area contributed by atoms with E-state index in [-0.39, 0.29) is 0 Å². The van der Waals surface area contributed by atoms with E-state index in [0.717, 1.165) is 11.3 Å². The first kappa shape index (κ1) is 16.5. The number of aromatic hydroxyl groups is 2. The van der Waals surface area contributed by atoms with Crippen LogP contribution in [0, 0.1) is 6.92 Å². The number of anilines is 1. The van der Waals surface area contributed by atoms with E-state index in [1.54, 1.807) is 30.3 Å². The molecule has 0 saturated carbocycles. The van der Waals surface area contributed by atoms with Gasteiger partial charge in [-0.05, 0) is 36.8 Å². The van der Waals surface area contributed by atoms with E-state index >= 15 is 0 Å². The molecule has 0 spiro atoms. The number of nitrogens with one attached hydrogen (secondary N) is 1. The Morgan fingerprint density at radius 2 is 1.47 bits per heavy atom. The van der Waals surface area contributed by atoms with Gasteiger partial charge in [-0.15, -0.1) is 0 Å². The van der Waals surface area contributed by atoms with E-state index in [1.165, 1.54) is 0 Å². The summed E-state index contributed by atoms with van der Waals surface area (Å²) in [6.07, 6.45) is 0. The van der Waals surface area contributed by atoms with Crippen molar-refractivity contribution in [2.45, 2.75) is 6.92 Å². The number of phenolic OH excluding ortho intramolecular Hbond substituents is 2. The Kier molecular flexibility index (Phi) is 8.28. The minimum atomic E-state index is 0.293. The van der Waals surface area contributed by atoms with Gasteiger partial charge in [-0.2, -0.15) is 0 Å². The molecule has 0 radical (unpaired) electrons. The molecule has 2 aromatic carbocycles. The second-order valence-electron chi connectivity index (χ2n) is 3.64. The summed E-state index contributed by atoms with van der Waals surface area (Å²) in [5, 5.41) is 20.6. The molecule has 0 unspecified atom stereocenters. The standard InChI is InChI=1S/C7H9NO.C7H8O.CH2O/c1-8-6-3-2-4-7(9)5-6;1-6-3-2-4-7(8)5-6;1-2/h2-5,8-9H,1H3;2-5,8H,1H3;1H2. The molecule has 0 fully saturated rings. The fraction of sp³-hybridized carbons (Fsp3) is 0.133. The lowest BCUT2D eigenvalue weighted by molar-refractivity contribution is -0.0979. The highest BCUT2D eigenvalue weighted by Crippen LogP contribution is 2.13. The first-order valence-electron chi connectivity index (χ1n) is 5.63. The van der Waals surface area contributed by atoms with Gasteiger partial charge >= 0.3 is 0 Å². The molecule has 2 rings (SSSR count). The molecule has 0 aliphatic rings. The summed E-state index contributed by atoms with van der Waals surface area (Å²) < 4.78 is 0. The molecule has 0 aliphatic carbocycles. The Labute approximate surface area is 113 Å². The zero-order valence-corrected chi connectivity index (χ0v) is 11.1. The van der Waals surface area contributed by atoms with Crippen molar-refractivity contribution in [2.75, 3.05) is 12.4 Å². The van der Waals surface area contributed by atoms with Crippen molar-refractivity contribution in [3.63, 3.8) is 0 Å². The minimum absolute atomic E-state index is 0.293. The summed E-state index contributed by atoms with van der Waals surface area (Å²) in [6, 6.07) is 14.1. The van der Waals surface area contributed by atoms with Crippen LogP contribution in [-0.2, 0) is 4.79 Å². The molecule has 0 aromatic heterocycles. The van der Waals surface area contributed by atoms with Crippen molar-refractivity contribution >= 4 is 12.5 Å². The van der Waals surface area contributed by atoms with Crippen LogP contribution in [-0.4, -0.2) is 24.0 Å². The maximum Gasteiger partial charge on any atom is 0.117 e. The predicted octanol–water partition coefficient (Wildman–Crippen LogP) is 2.95. The van der Waals surface area contributed by atoms with Crippen LogP contribution in [0.25, 0.3) is 0 Å². The van der Waals surface area contributed by atoms with E-state index in [0.29, 0.717) is 11.5 Å². The summed E-state index contributed by atoms with van der Waals surface area (Å²) in [5.74, 6) is 0.631. The third-order valence-corrected chi connectivity index (χ3v) is 2.14. The van der Waals surface area contributed by atoms with Gasteiger partial charge in [-0.3, -0.25) is 0 Å². The average molecular weight is 261 g/mol. The lowest BCUT2D eigenvalue weighted by Crippen LogP contribution is -1.85. The highest BCUT2D eigenvalue weighted by atomic mass is 16.3. The predicted molar refractivity (Wildman–Crippen MR) is 77.6 cm³/mol. The Bertz CT molecular complexity index is 469. The summed E-state index contributed by atoms with van der Waals surface area (Å²) in [7, 11) is 1.81. The van der Waals surface area contributed by atoms with Gasteiger partial charge in [0.15, 0.2) is 0 Å². The van der Waals surface area contributed by atoms with Crippen LogP contribution in [0.15, 0.2) is 48.5 Å². The number of hydrogen-bond acceptors (Lipinski definition) is 4. The Balaban J connectivity index is 0.000000303. The molecule has 2 aromatic rings. The Hall–Kier alpha value is -2.49. The maximum atomic E-state index is 8.90. The second kappa shape index (κ2) is 9.53. The number of aryl methyl sites for hydroxylation is 1. The van der Waals surface area contributed by atoms with Gasteiger partial charge in [-0.1, -0.05) is 18.2 Å². The molecule has 3 N–H and O–H groups in total. The summed E-state index contributed by atoms with van der Waals surface area (Å²) in [6.45, 7) is 3.94. The highest BCUT2D eigenvalue weighted by Gasteiger charge is 1.87. The van der Waals surface area contributed by atoms with Crippen molar-refractivity contribution in [3.8, 4) is 11.5 Å². The first-order valence-corrected chi connectivity index (χ1v) is 5.63. The van der Waals surface area contributed by atoms with E-state index in [2.05, 4.69) is 5.32 Å². The lowest BCUT2D eigenvalue weighted by Gasteiger charge is -1.97. The molecular formula is C15H19NO3. The van der Waals surface area contributed by atoms with Gasteiger partial charge in [0.2, 0.25) is 0 Å². The van der Waals surface area contributed by atoms with Gasteiger partial charge in [-0.25, -0.2) is 0 Å². The van der Waals surface area contributed by atoms with E-state index in [9.17, 15) is 0 Å². The normalized spacial score (nSPS) is 8.32. The van der Waals surface area contributed by atoms with E-state index in [4.69, 9.17) is 15.0 Å². The average Bonchev–Trinajstić information content (AvgIpc) is 2.41. The van der Waals surface area contributed by atoms with Crippen LogP contribution in [0.1, 0.15) is 5.56 Å². The smallest absolute Gasteiger partial charge is 0.117 e. The summed E-state index contributed by atoms with van der Waals surface area (Å²) in [5.41, 5.74) is 2.01. The Morgan fingerprint density at radius 3 is 1.79 bits per heavy atom. The van der Waals surface area contributed by atoms with Crippen LogP contribution >= 0.6 is 0 Å². The molecule has 0 amide bonds. The molecule has 0 heterocycles. The highest BCUT2D eigenvalue weighted by molar-refractivity contribution is 5.46. The largest absolute Gasteiger partial charge is 0.508 e. The number of carbonyl (C=O) groups is 1. The molecule has 0 saturated heterocycles. The van der Waals surface area contributed by atoms with Crippen molar-refractivity contribution in [1.82, 2.24) is 0 Å². The van der Waals surface area contributed by atoms with Crippen molar-refractivity contribution < 1.29 is 15.0 Å². The Morgan fingerprint density at radius 1 is 0.947 bits per heavy atom. The third-order valence-electron chi connectivity index (χ3n) is 2.14. The number of phenols is 2. The lowest BCUT2D eigenvalue weighted by atomic mass is 10.2. The SMILES string of the molecule is C=O.CNc1cccc(O)c1.Cc1cccc(O)c1.